The van der Waals surface area contributed by atoms with Crippen LogP contribution in [-0.4, -0.2) is 51.9 Å². The molecule has 4 aromatic carbocycles. The van der Waals surface area contributed by atoms with Crippen LogP contribution in [0.2, 0.25) is 5.02 Å². The quantitative estimate of drug-likeness (QED) is 0.109. The lowest BCUT2D eigenvalue weighted by atomic mass is 10.1. The number of rotatable bonds is 13. The molecule has 0 saturated carbocycles. The molecule has 4 rings (SSSR count). The standard InChI is InChI=1S/C34H32ClN3O7S/c1-42-24-13-10-22(29(17-24)43-2)16-28(38-33(40)21-8-6-5-7-9-21)34(41)36-23-11-14-25(15-12-23)46-20-32(39)37-27-18-26(35)30(44-3)19-31(27)45-4/h5-19H,20H2,1-4H3,(H,36,41)(H,37,39)(H,38,40)/b28-16-. The molecule has 0 aliphatic carbocycles. The Hall–Kier alpha value is -5.13. The van der Waals surface area contributed by atoms with Crippen molar-refractivity contribution in [2.75, 3.05) is 44.8 Å². The Kier molecular flexibility index (Phi) is 11.9. The lowest BCUT2D eigenvalue weighted by molar-refractivity contribution is -0.114. The van der Waals surface area contributed by atoms with Crippen LogP contribution in [0.15, 0.2) is 95.5 Å². The number of methoxy groups -OCH3 is 4. The van der Waals surface area contributed by atoms with Crippen molar-refractivity contribution in [1.29, 1.82) is 0 Å². The number of amides is 3. The smallest absolute Gasteiger partial charge is 0.272 e. The van der Waals surface area contributed by atoms with Crippen LogP contribution >= 0.6 is 23.4 Å². The van der Waals surface area contributed by atoms with E-state index in [9.17, 15) is 14.4 Å². The first-order valence-electron chi connectivity index (χ1n) is 13.8. The van der Waals surface area contributed by atoms with Gasteiger partial charge in [-0.3, -0.25) is 14.4 Å². The van der Waals surface area contributed by atoms with E-state index in [0.717, 1.165) is 4.90 Å². The van der Waals surface area contributed by atoms with Gasteiger partial charge in [0.2, 0.25) is 5.91 Å². The Balaban J connectivity index is 1.45. The first-order chi connectivity index (χ1) is 22.2. The Morgan fingerprint density at radius 3 is 2.11 bits per heavy atom. The Morgan fingerprint density at radius 1 is 0.761 bits per heavy atom. The minimum atomic E-state index is -0.547. The summed E-state index contributed by atoms with van der Waals surface area (Å²) in [5.74, 6) is 0.730. The van der Waals surface area contributed by atoms with Crippen molar-refractivity contribution in [2.24, 2.45) is 0 Å². The zero-order valence-electron chi connectivity index (χ0n) is 25.5. The highest BCUT2D eigenvalue weighted by Gasteiger charge is 2.17. The molecule has 12 heteroatoms. The number of carbonyl (C=O) groups excluding carboxylic acids is 3. The van der Waals surface area contributed by atoms with Crippen LogP contribution < -0.4 is 34.9 Å². The largest absolute Gasteiger partial charge is 0.497 e. The fraction of sp³-hybridized carbons (Fsp3) is 0.147. The number of hydrogen-bond donors (Lipinski definition) is 3. The number of benzene rings is 4. The molecule has 0 bridgehead atoms. The van der Waals surface area contributed by atoms with Crippen molar-refractivity contribution >= 4 is 58.5 Å². The lowest BCUT2D eigenvalue weighted by Crippen LogP contribution is -2.30. The molecule has 0 radical (unpaired) electrons. The predicted octanol–water partition coefficient (Wildman–Crippen LogP) is 6.51. The summed E-state index contributed by atoms with van der Waals surface area (Å²) in [4.78, 5) is 39.9. The van der Waals surface area contributed by atoms with Crippen molar-refractivity contribution < 1.29 is 33.3 Å². The summed E-state index contributed by atoms with van der Waals surface area (Å²) in [5, 5.41) is 8.67. The van der Waals surface area contributed by atoms with Gasteiger partial charge in [-0.25, -0.2) is 0 Å². The third-order valence-electron chi connectivity index (χ3n) is 6.50. The minimum absolute atomic E-state index is 0.00139. The van der Waals surface area contributed by atoms with Crippen LogP contribution in [0, 0.1) is 0 Å². The SMILES string of the molecule is COc1ccc(/C=C(\NC(=O)c2ccccc2)C(=O)Nc2ccc(SCC(=O)Nc3cc(Cl)c(OC)cc3OC)cc2)c(OC)c1. The van der Waals surface area contributed by atoms with Gasteiger partial charge in [0.05, 0.1) is 44.9 Å². The number of halogens is 1. The molecule has 238 valence electrons. The molecule has 0 unspecified atom stereocenters. The molecular weight excluding hydrogens is 630 g/mol. The fourth-order valence-electron chi connectivity index (χ4n) is 4.16. The van der Waals surface area contributed by atoms with E-state index in [0.29, 0.717) is 50.5 Å². The number of carbonyl (C=O) groups is 3. The first-order valence-corrected chi connectivity index (χ1v) is 15.2. The predicted molar refractivity (Wildman–Crippen MR) is 180 cm³/mol. The van der Waals surface area contributed by atoms with Crippen molar-refractivity contribution in [3.8, 4) is 23.0 Å². The topological polar surface area (TPSA) is 124 Å². The van der Waals surface area contributed by atoms with E-state index in [1.165, 1.54) is 46.3 Å². The molecule has 4 aromatic rings. The molecule has 0 aromatic heterocycles. The van der Waals surface area contributed by atoms with Gasteiger partial charge in [-0.05, 0) is 60.7 Å². The summed E-state index contributed by atoms with van der Waals surface area (Å²) in [6.07, 6.45) is 1.53. The number of nitrogens with one attached hydrogen (secondary N) is 3. The van der Waals surface area contributed by atoms with Crippen molar-refractivity contribution in [1.82, 2.24) is 5.32 Å². The highest BCUT2D eigenvalue weighted by Crippen LogP contribution is 2.36. The Morgan fingerprint density at radius 2 is 1.46 bits per heavy atom. The molecule has 46 heavy (non-hydrogen) atoms. The van der Waals surface area contributed by atoms with Gasteiger partial charge in [0, 0.05) is 33.8 Å². The lowest BCUT2D eigenvalue weighted by Gasteiger charge is -2.14. The highest BCUT2D eigenvalue weighted by atomic mass is 35.5. The van der Waals surface area contributed by atoms with Gasteiger partial charge in [0.25, 0.3) is 11.8 Å². The molecule has 0 saturated heterocycles. The zero-order chi connectivity index (χ0) is 33.1. The summed E-state index contributed by atoms with van der Waals surface area (Å²) in [5.41, 5.74) is 1.86. The average molecular weight is 662 g/mol. The maximum Gasteiger partial charge on any atom is 0.272 e. The van der Waals surface area contributed by atoms with Gasteiger partial charge in [-0.1, -0.05) is 29.8 Å². The van der Waals surface area contributed by atoms with Gasteiger partial charge in [0.1, 0.15) is 28.7 Å². The molecule has 10 nitrogen and oxygen atoms in total. The fourth-order valence-corrected chi connectivity index (χ4v) is 5.10. The van der Waals surface area contributed by atoms with E-state index in [-0.39, 0.29) is 17.4 Å². The van der Waals surface area contributed by atoms with Crippen LogP contribution in [0.25, 0.3) is 6.08 Å². The second-order valence-corrected chi connectivity index (χ2v) is 10.9. The van der Waals surface area contributed by atoms with Crippen LogP contribution in [0.1, 0.15) is 15.9 Å². The summed E-state index contributed by atoms with van der Waals surface area (Å²) >= 11 is 7.51. The highest BCUT2D eigenvalue weighted by molar-refractivity contribution is 8.00. The molecule has 0 atom stereocenters. The zero-order valence-corrected chi connectivity index (χ0v) is 27.1. The third kappa shape index (κ3) is 8.96. The van der Waals surface area contributed by atoms with Gasteiger partial charge >= 0.3 is 0 Å². The van der Waals surface area contributed by atoms with E-state index in [2.05, 4.69) is 16.0 Å². The normalized spacial score (nSPS) is 10.8. The van der Waals surface area contributed by atoms with Gasteiger partial charge in [-0.15, -0.1) is 11.8 Å². The molecule has 0 spiro atoms. The molecular formula is C34H32ClN3O7S. The maximum atomic E-state index is 13.5. The summed E-state index contributed by atoms with van der Waals surface area (Å²) in [6.45, 7) is 0. The second kappa shape index (κ2) is 16.3. The van der Waals surface area contributed by atoms with Crippen molar-refractivity contribution in [3.05, 3.63) is 107 Å². The number of thioether (sulfide) groups is 1. The minimum Gasteiger partial charge on any atom is -0.497 e. The van der Waals surface area contributed by atoms with E-state index in [4.69, 9.17) is 30.5 Å². The van der Waals surface area contributed by atoms with Crippen molar-refractivity contribution in [3.63, 3.8) is 0 Å². The molecule has 3 N–H and O–H groups in total. The Labute approximate surface area is 276 Å². The number of ether oxygens (including phenoxy) is 4. The summed E-state index contributed by atoms with van der Waals surface area (Å²) < 4.78 is 21.3. The van der Waals surface area contributed by atoms with Crippen LogP contribution in [0.5, 0.6) is 23.0 Å². The number of anilines is 2. The van der Waals surface area contributed by atoms with Crippen LogP contribution in [-0.2, 0) is 9.59 Å². The van der Waals surface area contributed by atoms with Crippen LogP contribution in [0.3, 0.4) is 0 Å². The average Bonchev–Trinajstić information content (AvgIpc) is 3.08. The van der Waals surface area contributed by atoms with Crippen LogP contribution in [0.4, 0.5) is 11.4 Å². The maximum absolute atomic E-state index is 13.5. The van der Waals surface area contributed by atoms with Gasteiger partial charge < -0.3 is 34.9 Å². The summed E-state index contributed by atoms with van der Waals surface area (Å²) in [7, 11) is 6.02. The van der Waals surface area contributed by atoms with Crippen molar-refractivity contribution in [2.45, 2.75) is 4.90 Å². The summed E-state index contributed by atoms with van der Waals surface area (Å²) in [6, 6.07) is 23.8. The number of hydrogen-bond acceptors (Lipinski definition) is 8. The van der Waals surface area contributed by atoms with E-state index >= 15 is 0 Å². The van der Waals surface area contributed by atoms with E-state index in [1.54, 1.807) is 84.9 Å². The molecule has 0 fully saturated rings. The molecule has 0 heterocycles. The monoisotopic (exact) mass is 661 g/mol. The second-order valence-electron chi connectivity index (χ2n) is 9.49. The van der Waals surface area contributed by atoms with Gasteiger partial charge in [-0.2, -0.15) is 0 Å². The first kappa shape index (κ1) is 33.8. The van der Waals surface area contributed by atoms with E-state index < -0.39 is 11.8 Å². The molecule has 0 aliphatic rings. The Bertz CT molecular complexity index is 1730. The van der Waals surface area contributed by atoms with Gasteiger partial charge in [0.15, 0.2) is 0 Å². The molecule has 0 aliphatic heterocycles. The van der Waals surface area contributed by atoms with E-state index in [1.807, 2.05) is 0 Å². The third-order valence-corrected chi connectivity index (χ3v) is 7.81. The molecule has 3 amide bonds.